The van der Waals surface area contributed by atoms with E-state index in [4.69, 9.17) is 4.74 Å². The molecule has 3 rings (SSSR count). The summed E-state index contributed by atoms with van der Waals surface area (Å²) in [6.07, 6.45) is 5.54. The molecule has 0 bridgehead atoms. The van der Waals surface area contributed by atoms with Gasteiger partial charge >= 0.3 is 0 Å². The van der Waals surface area contributed by atoms with Crippen LogP contribution in [0.4, 0.5) is 0 Å². The van der Waals surface area contributed by atoms with Crippen LogP contribution < -0.4 is 10.1 Å². The van der Waals surface area contributed by atoms with Crippen molar-refractivity contribution in [2.75, 3.05) is 6.61 Å². The van der Waals surface area contributed by atoms with E-state index in [1.807, 2.05) is 54.6 Å². The molecule has 1 N–H and O–H groups in total. The molecule has 0 unspecified atom stereocenters. The second kappa shape index (κ2) is 11.2. The molecule has 6 heteroatoms. The van der Waals surface area contributed by atoms with E-state index in [-0.39, 0.29) is 24.5 Å². The second-order valence-electron chi connectivity index (χ2n) is 7.77. The summed E-state index contributed by atoms with van der Waals surface area (Å²) in [5, 5.41) is 3.14. The third-order valence-corrected chi connectivity index (χ3v) is 6.02. The van der Waals surface area contributed by atoms with Gasteiger partial charge in [0, 0.05) is 17.1 Å². The molecule has 1 aliphatic rings. The summed E-state index contributed by atoms with van der Waals surface area (Å²) in [5.41, 5.74) is 0.962. The lowest BCUT2D eigenvalue weighted by Crippen LogP contribution is -2.51. The lowest BCUT2D eigenvalue weighted by Gasteiger charge is -2.31. The normalized spacial score (nSPS) is 15.3. The van der Waals surface area contributed by atoms with Gasteiger partial charge in [-0.1, -0.05) is 65.5 Å². The molecule has 0 radical (unpaired) electrons. The van der Waals surface area contributed by atoms with Crippen molar-refractivity contribution in [3.05, 3.63) is 64.6 Å². The Morgan fingerprint density at radius 3 is 2.40 bits per heavy atom. The van der Waals surface area contributed by atoms with Crippen molar-refractivity contribution < 1.29 is 14.3 Å². The number of nitrogens with one attached hydrogen (secondary N) is 1. The Balaban J connectivity index is 1.68. The quantitative estimate of drug-likeness (QED) is 0.605. The summed E-state index contributed by atoms with van der Waals surface area (Å²) < 4.78 is 6.63. The Hall–Kier alpha value is -2.34. The van der Waals surface area contributed by atoms with Gasteiger partial charge in [-0.3, -0.25) is 9.59 Å². The Kier molecular flexibility index (Phi) is 8.31. The van der Waals surface area contributed by atoms with Crippen molar-refractivity contribution in [1.29, 1.82) is 0 Å². The van der Waals surface area contributed by atoms with E-state index in [0.717, 1.165) is 35.7 Å². The van der Waals surface area contributed by atoms with Crippen LogP contribution in [-0.2, 0) is 16.1 Å². The first-order valence-corrected chi connectivity index (χ1v) is 11.3. The third kappa shape index (κ3) is 6.59. The predicted octanol–water partition coefficient (Wildman–Crippen LogP) is 4.69. The number of para-hydroxylation sites is 1. The number of amides is 2. The Bertz CT molecular complexity index is 820. The molecule has 1 atom stereocenters. The largest absolute Gasteiger partial charge is 0.484 e. The molecule has 5 nitrogen and oxygen atoms in total. The number of ether oxygens (including phenoxy) is 1. The standard InChI is InChI=1S/C24H29BrN2O3/c1-18(24(29)26-21-8-4-2-5-9-21)27(16-19-12-14-20(25)15-13-19)23(28)17-30-22-10-6-3-7-11-22/h3,6-7,10-15,18,21H,2,4-5,8-9,16-17H2,1H3,(H,26,29)/t18-/m0/s1. The van der Waals surface area contributed by atoms with Crippen molar-refractivity contribution >= 4 is 27.7 Å². The maximum atomic E-state index is 13.0. The lowest BCUT2D eigenvalue weighted by molar-refractivity contribution is -0.142. The van der Waals surface area contributed by atoms with Crippen molar-refractivity contribution in [1.82, 2.24) is 10.2 Å². The molecule has 1 aliphatic carbocycles. The van der Waals surface area contributed by atoms with E-state index in [1.165, 1.54) is 6.42 Å². The maximum Gasteiger partial charge on any atom is 0.261 e. The molecule has 0 aromatic heterocycles. The molecule has 0 heterocycles. The van der Waals surface area contributed by atoms with Gasteiger partial charge in [0.15, 0.2) is 6.61 Å². The first kappa shape index (κ1) is 22.3. The number of hydrogen-bond acceptors (Lipinski definition) is 3. The minimum Gasteiger partial charge on any atom is -0.484 e. The summed E-state index contributed by atoms with van der Waals surface area (Å²) >= 11 is 3.43. The van der Waals surface area contributed by atoms with E-state index in [2.05, 4.69) is 21.2 Å². The van der Waals surface area contributed by atoms with Crippen molar-refractivity contribution in [3.8, 4) is 5.75 Å². The fourth-order valence-corrected chi connectivity index (χ4v) is 3.95. The zero-order valence-corrected chi connectivity index (χ0v) is 18.9. The number of rotatable bonds is 8. The molecule has 160 valence electrons. The van der Waals surface area contributed by atoms with Gasteiger partial charge in [-0.2, -0.15) is 0 Å². The molecule has 2 aromatic rings. The van der Waals surface area contributed by atoms with Gasteiger partial charge in [-0.05, 0) is 49.6 Å². The summed E-state index contributed by atoms with van der Waals surface area (Å²) in [5.74, 6) is 0.314. The van der Waals surface area contributed by atoms with Crippen LogP contribution in [0.2, 0.25) is 0 Å². The van der Waals surface area contributed by atoms with Crippen LogP contribution in [0.25, 0.3) is 0 Å². The van der Waals surface area contributed by atoms with Crippen LogP contribution in [0.3, 0.4) is 0 Å². The summed E-state index contributed by atoms with van der Waals surface area (Å²) in [6, 6.07) is 16.6. The zero-order chi connectivity index (χ0) is 21.3. The minimum atomic E-state index is -0.581. The highest BCUT2D eigenvalue weighted by molar-refractivity contribution is 9.10. The fourth-order valence-electron chi connectivity index (χ4n) is 3.68. The topological polar surface area (TPSA) is 58.6 Å². The van der Waals surface area contributed by atoms with Crippen LogP contribution in [0.15, 0.2) is 59.1 Å². The molecule has 2 aromatic carbocycles. The first-order valence-electron chi connectivity index (χ1n) is 10.5. The van der Waals surface area contributed by atoms with Gasteiger partial charge in [0.1, 0.15) is 11.8 Å². The predicted molar refractivity (Wildman–Crippen MR) is 121 cm³/mol. The molecular weight excluding hydrogens is 444 g/mol. The van der Waals surface area contributed by atoms with Gasteiger partial charge in [-0.25, -0.2) is 0 Å². The number of hydrogen-bond donors (Lipinski definition) is 1. The number of carbonyl (C=O) groups is 2. The van der Waals surface area contributed by atoms with Crippen molar-refractivity contribution in [2.45, 2.75) is 57.7 Å². The second-order valence-corrected chi connectivity index (χ2v) is 8.69. The van der Waals surface area contributed by atoms with E-state index < -0.39 is 6.04 Å². The smallest absolute Gasteiger partial charge is 0.261 e. The molecular formula is C24H29BrN2O3. The molecule has 30 heavy (non-hydrogen) atoms. The van der Waals surface area contributed by atoms with Crippen LogP contribution in [0.1, 0.15) is 44.6 Å². The number of carbonyl (C=O) groups excluding carboxylic acids is 2. The van der Waals surface area contributed by atoms with Gasteiger partial charge in [0.2, 0.25) is 5.91 Å². The van der Waals surface area contributed by atoms with Gasteiger partial charge in [-0.15, -0.1) is 0 Å². The van der Waals surface area contributed by atoms with Crippen LogP contribution in [-0.4, -0.2) is 35.4 Å². The third-order valence-electron chi connectivity index (χ3n) is 5.49. The van der Waals surface area contributed by atoms with Crippen LogP contribution >= 0.6 is 15.9 Å². The van der Waals surface area contributed by atoms with Crippen LogP contribution in [0, 0.1) is 0 Å². The highest BCUT2D eigenvalue weighted by Crippen LogP contribution is 2.19. The van der Waals surface area contributed by atoms with Crippen molar-refractivity contribution in [2.24, 2.45) is 0 Å². The maximum absolute atomic E-state index is 13.0. The number of nitrogens with zero attached hydrogens (tertiary/aromatic N) is 1. The van der Waals surface area contributed by atoms with E-state index in [1.54, 1.807) is 11.8 Å². The lowest BCUT2D eigenvalue weighted by atomic mass is 9.95. The highest BCUT2D eigenvalue weighted by atomic mass is 79.9. The van der Waals surface area contributed by atoms with Crippen LogP contribution in [0.5, 0.6) is 5.75 Å². The first-order chi connectivity index (χ1) is 14.5. The Labute approximate surface area is 186 Å². The summed E-state index contributed by atoms with van der Waals surface area (Å²) in [4.78, 5) is 27.6. The monoisotopic (exact) mass is 472 g/mol. The molecule has 1 saturated carbocycles. The van der Waals surface area contributed by atoms with E-state index in [9.17, 15) is 9.59 Å². The van der Waals surface area contributed by atoms with Gasteiger partial charge < -0.3 is 15.0 Å². The van der Waals surface area contributed by atoms with E-state index in [0.29, 0.717) is 12.3 Å². The highest BCUT2D eigenvalue weighted by Gasteiger charge is 2.28. The fraction of sp³-hybridized carbons (Fsp3) is 0.417. The minimum absolute atomic E-state index is 0.105. The SMILES string of the molecule is C[C@@H](C(=O)NC1CCCCC1)N(Cc1ccc(Br)cc1)C(=O)COc1ccccc1. The van der Waals surface area contributed by atoms with Crippen molar-refractivity contribution in [3.63, 3.8) is 0 Å². The molecule has 1 fully saturated rings. The average molecular weight is 473 g/mol. The van der Waals surface area contributed by atoms with E-state index >= 15 is 0 Å². The Morgan fingerprint density at radius 2 is 1.73 bits per heavy atom. The molecule has 0 saturated heterocycles. The summed E-state index contributed by atoms with van der Waals surface area (Å²) in [6.45, 7) is 2.03. The molecule has 2 amide bonds. The molecule has 0 spiro atoms. The average Bonchev–Trinajstić information content (AvgIpc) is 2.78. The zero-order valence-electron chi connectivity index (χ0n) is 17.4. The van der Waals surface area contributed by atoms with Gasteiger partial charge in [0.25, 0.3) is 5.91 Å². The number of benzene rings is 2. The Morgan fingerprint density at radius 1 is 1.07 bits per heavy atom. The summed E-state index contributed by atoms with van der Waals surface area (Å²) in [7, 11) is 0. The molecule has 0 aliphatic heterocycles. The number of halogens is 1. The van der Waals surface area contributed by atoms with Gasteiger partial charge in [0.05, 0.1) is 0 Å².